The van der Waals surface area contributed by atoms with Crippen molar-refractivity contribution in [3.63, 3.8) is 0 Å². The third-order valence-corrected chi connectivity index (χ3v) is 2.93. The van der Waals surface area contributed by atoms with Crippen molar-refractivity contribution in [2.24, 2.45) is 0 Å². The Hall–Kier alpha value is -1.84. The van der Waals surface area contributed by atoms with Crippen LogP contribution < -0.4 is 0 Å². The van der Waals surface area contributed by atoms with Crippen molar-refractivity contribution in [1.29, 1.82) is 0 Å². The highest BCUT2D eigenvalue weighted by atomic mass is 16.4. The van der Waals surface area contributed by atoms with Gasteiger partial charge in [-0.2, -0.15) is 0 Å². The molecule has 1 aromatic carbocycles. The topological polar surface area (TPSA) is 55.1 Å². The van der Waals surface area contributed by atoms with Crippen LogP contribution in [0, 0.1) is 6.92 Å². The number of aryl methyl sites for hydroxylation is 1. The van der Waals surface area contributed by atoms with Gasteiger partial charge in [-0.3, -0.25) is 0 Å². The van der Waals surface area contributed by atoms with Crippen LogP contribution in [0.25, 0.3) is 11.0 Å². The third-order valence-electron chi connectivity index (χ3n) is 2.93. The molecule has 1 atom stereocenters. The Morgan fingerprint density at radius 2 is 2.18 bits per heavy atom. The zero-order valence-corrected chi connectivity index (χ0v) is 10.1. The number of aliphatic carboxylic acids is 1. The Kier molecular flexibility index (Phi) is 3.13. The quantitative estimate of drug-likeness (QED) is 0.881. The highest BCUT2D eigenvalue weighted by Gasteiger charge is 2.22. The summed E-state index contributed by atoms with van der Waals surface area (Å²) in [6.45, 7) is 3.84. The predicted molar refractivity (Wildman–Crippen MR) is 66.1 cm³/mol. The van der Waals surface area contributed by atoms with E-state index in [4.69, 9.17) is 0 Å². The largest absolute Gasteiger partial charge is 0.480 e. The third kappa shape index (κ3) is 2.02. The van der Waals surface area contributed by atoms with Gasteiger partial charge in [0.2, 0.25) is 0 Å². The molecule has 0 spiro atoms. The van der Waals surface area contributed by atoms with Crippen molar-refractivity contribution < 1.29 is 9.90 Å². The van der Waals surface area contributed by atoms with Gasteiger partial charge in [-0.25, -0.2) is 9.78 Å². The zero-order valence-electron chi connectivity index (χ0n) is 10.1. The molecule has 0 saturated carbocycles. The molecule has 0 radical (unpaired) electrons. The minimum absolute atomic E-state index is 0.521. The van der Waals surface area contributed by atoms with E-state index in [1.807, 2.05) is 42.7 Å². The summed E-state index contributed by atoms with van der Waals surface area (Å²) in [5, 5.41) is 9.31. The molecule has 0 saturated heterocycles. The summed E-state index contributed by atoms with van der Waals surface area (Å²) in [5.74, 6) is -0.0369. The number of carboxylic acids is 1. The number of benzene rings is 1. The second-order valence-corrected chi connectivity index (χ2v) is 4.16. The van der Waals surface area contributed by atoms with Gasteiger partial charge in [0.25, 0.3) is 0 Å². The Bertz CT molecular complexity index is 545. The lowest BCUT2D eigenvalue weighted by Gasteiger charge is -2.15. The van der Waals surface area contributed by atoms with Gasteiger partial charge in [0.1, 0.15) is 11.9 Å². The normalized spacial score (nSPS) is 12.8. The first-order chi connectivity index (χ1) is 8.15. The monoisotopic (exact) mass is 232 g/mol. The molecule has 1 aromatic heterocycles. The second kappa shape index (κ2) is 4.57. The fraction of sp³-hybridized carbons (Fsp3) is 0.385. The average molecular weight is 232 g/mol. The van der Waals surface area contributed by atoms with Gasteiger partial charge >= 0.3 is 5.97 Å². The molecule has 0 aliphatic rings. The minimum Gasteiger partial charge on any atom is -0.480 e. The molecular weight excluding hydrogens is 216 g/mol. The zero-order chi connectivity index (χ0) is 12.4. The number of imidazole rings is 1. The van der Waals surface area contributed by atoms with E-state index in [0.29, 0.717) is 6.42 Å². The molecule has 0 fully saturated rings. The maximum atomic E-state index is 11.3. The molecule has 1 heterocycles. The van der Waals surface area contributed by atoms with Crippen LogP contribution in [0.4, 0.5) is 0 Å². The fourth-order valence-corrected chi connectivity index (χ4v) is 2.19. The lowest BCUT2D eigenvalue weighted by molar-refractivity contribution is -0.141. The number of hydrogen-bond donors (Lipinski definition) is 1. The number of para-hydroxylation sites is 2. The molecule has 0 aliphatic carbocycles. The van der Waals surface area contributed by atoms with Crippen molar-refractivity contribution in [3.8, 4) is 0 Å². The van der Waals surface area contributed by atoms with E-state index in [1.54, 1.807) is 0 Å². The Labute approximate surface area is 99.9 Å². The minimum atomic E-state index is -0.793. The van der Waals surface area contributed by atoms with Crippen molar-refractivity contribution in [2.45, 2.75) is 32.7 Å². The van der Waals surface area contributed by atoms with Gasteiger partial charge in [0, 0.05) is 0 Å². The summed E-state index contributed by atoms with van der Waals surface area (Å²) in [4.78, 5) is 15.7. The molecule has 90 valence electrons. The first kappa shape index (κ1) is 11.6. The summed E-state index contributed by atoms with van der Waals surface area (Å²) in [5.41, 5.74) is 1.75. The van der Waals surface area contributed by atoms with Crippen LogP contribution in [0.15, 0.2) is 24.3 Å². The number of carboxylic acid groups (broad SMARTS) is 1. The highest BCUT2D eigenvalue weighted by Crippen LogP contribution is 2.24. The van der Waals surface area contributed by atoms with Crippen LogP contribution in [-0.4, -0.2) is 20.6 Å². The van der Waals surface area contributed by atoms with Crippen LogP contribution in [0.5, 0.6) is 0 Å². The lowest BCUT2D eigenvalue weighted by Crippen LogP contribution is -2.19. The van der Waals surface area contributed by atoms with Gasteiger partial charge < -0.3 is 9.67 Å². The number of aromatic nitrogens is 2. The summed E-state index contributed by atoms with van der Waals surface area (Å²) < 4.78 is 1.82. The molecule has 4 nitrogen and oxygen atoms in total. The van der Waals surface area contributed by atoms with Gasteiger partial charge in [-0.15, -0.1) is 0 Å². The van der Waals surface area contributed by atoms with Crippen LogP contribution in [0.3, 0.4) is 0 Å². The molecule has 4 heteroatoms. The van der Waals surface area contributed by atoms with Crippen molar-refractivity contribution in [2.75, 3.05) is 0 Å². The van der Waals surface area contributed by atoms with E-state index < -0.39 is 12.0 Å². The number of fused-ring (bicyclic) bond motifs is 1. The summed E-state index contributed by atoms with van der Waals surface area (Å²) in [6, 6.07) is 7.12. The smallest absolute Gasteiger partial charge is 0.326 e. The van der Waals surface area contributed by atoms with Crippen LogP contribution >= 0.6 is 0 Å². The molecule has 0 aliphatic heterocycles. The van der Waals surface area contributed by atoms with Crippen molar-refractivity contribution in [1.82, 2.24) is 9.55 Å². The van der Waals surface area contributed by atoms with E-state index in [0.717, 1.165) is 23.3 Å². The van der Waals surface area contributed by atoms with E-state index >= 15 is 0 Å². The SMILES string of the molecule is CCCC(C(=O)O)n1c(C)nc2ccccc21. The molecule has 0 amide bonds. The summed E-state index contributed by atoms with van der Waals surface area (Å²) >= 11 is 0. The molecule has 2 aromatic rings. The van der Waals surface area contributed by atoms with Gasteiger partial charge in [0.05, 0.1) is 11.0 Å². The van der Waals surface area contributed by atoms with Gasteiger partial charge in [0.15, 0.2) is 0 Å². The maximum Gasteiger partial charge on any atom is 0.326 e. The van der Waals surface area contributed by atoms with E-state index in [1.165, 1.54) is 0 Å². The predicted octanol–water partition coefficient (Wildman–Crippen LogP) is 2.77. The average Bonchev–Trinajstić information content (AvgIpc) is 2.62. The molecule has 1 unspecified atom stereocenters. The Morgan fingerprint density at radius 1 is 1.47 bits per heavy atom. The van der Waals surface area contributed by atoms with Gasteiger partial charge in [-0.1, -0.05) is 25.5 Å². The number of carbonyl (C=O) groups is 1. The maximum absolute atomic E-state index is 11.3. The first-order valence-electron chi connectivity index (χ1n) is 5.81. The second-order valence-electron chi connectivity index (χ2n) is 4.16. The van der Waals surface area contributed by atoms with Gasteiger partial charge in [-0.05, 0) is 25.5 Å². The molecular formula is C13H16N2O2. The van der Waals surface area contributed by atoms with Crippen LogP contribution in [0.2, 0.25) is 0 Å². The van der Waals surface area contributed by atoms with Crippen LogP contribution in [0.1, 0.15) is 31.6 Å². The number of hydrogen-bond acceptors (Lipinski definition) is 2. The Balaban J connectivity index is 2.59. The summed E-state index contributed by atoms with van der Waals surface area (Å²) in [6.07, 6.45) is 1.46. The van der Waals surface area contributed by atoms with Crippen molar-refractivity contribution in [3.05, 3.63) is 30.1 Å². The fourth-order valence-electron chi connectivity index (χ4n) is 2.19. The highest BCUT2D eigenvalue weighted by molar-refractivity contribution is 5.80. The number of rotatable bonds is 4. The van der Waals surface area contributed by atoms with E-state index in [2.05, 4.69) is 4.98 Å². The first-order valence-corrected chi connectivity index (χ1v) is 5.81. The molecule has 0 bridgehead atoms. The van der Waals surface area contributed by atoms with E-state index in [9.17, 15) is 9.90 Å². The van der Waals surface area contributed by atoms with E-state index in [-0.39, 0.29) is 0 Å². The van der Waals surface area contributed by atoms with Crippen molar-refractivity contribution >= 4 is 17.0 Å². The lowest BCUT2D eigenvalue weighted by atomic mass is 10.1. The van der Waals surface area contributed by atoms with Crippen LogP contribution in [-0.2, 0) is 4.79 Å². The molecule has 1 N–H and O–H groups in total. The Morgan fingerprint density at radius 3 is 2.82 bits per heavy atom. The standard InChI is InChI=1S/C13H16N2O2/c1-3-6-12(13(16)17)15-9(2)14-10-7-4-5-8-11(10)15/h4-5,7-8,12H,3,6H2,1-2H3,(H,16,17). The summed E-state index contributed by atoms with van der Waals surface area (Å²) in [7, 11) is 0. The molecule has 17 heavy (non-hydrogen) atoms. The number of nitrogens with zero attached hydrogens (tertiary/aromatic N) is 2. The molecule has 2 rings (SSSR count).